The van der Waals surface area contributed by atoms with Gasteiger partial charge in [-0.2, -0.15) is 0 Å². The fourth-order valence-electron chi connectivity index (χ4n) is 2.29. The fourth-order valence-corrected chi connectivity index (χ4v) is 2.29. The van der Waals surface area contributed by atoms with Crippen LogP contribution < -0.4 is 0 Å². The zero-order chi connectivity index (χ0) is 9.52. The number of aldehydes is 1. The van der Waals surface area contributed by atoms with Gasteiger partial charge in [0.25, 0.3) is 0 Å². The molecule has 1 saturated carbocycles. The maximum atomic E-state index is 10.9. The lowest BCUT2D eigenvalue weighted by molar-refractivity contribution is -0.113. The summed E-state index contributed by atoms with van der Waals surface area (Å²) >= 11 is 0. The molecule has 1 aliphatic carbocycles. The molecule has 0 saturated heterocycles. The van der Waals surface area contributed by atoms with Crippen LogP contribution >= 0.6 is 0 Å². The van der Waals surface area contributed by atoms with Gasteiger partial charge in [-0.1, -0.05) is 25.3 Å². The lowest BCUT2D eigenvalue weighted by Gasteiger charge is -2.26. The summed E-state index contributed by atoms with van der Waals surface area (Å²) in [6, 6.07) is 0. The van der Waals surface area contributed by atoms with Crippen LogP contribution in [-0.2, 0) is 4.79 Å². The monoisotopic (exact) mass is 180 g/mol. The van der Waals surface area contributed by atoms with Crippen LogP contribution in [0.5, 0.6) is 0 Å². The second kappa shape index (κ2) is 5.95. The van der Waals surface area contributed by atoms with Crippen LogP contribution in [0.4, 0.5) is 0 Å². The number of carbonyl (C=O) groups is 1. The van der Waals surface area contributed by atoms with E-state index >= 15 is 0 Å². The van der Waals surface area contributed by atoms with E-state index in [9.17, 15) is 4.79 Å². The first-order valence-electron chi connectivity index (χ1n) is 5.44. The maximum absolute atomic E-state index is 10.9. The van der Waals surface area contributed by atoms with Crippen LogP contribution in [-0.4, -0.2) is 6.29 Å². The summed E-state index contributed by atoms with van der Waals surface area (Å²) < 4.78 is 0. The number of hydrogen-bond donors (Lipinski definition) is 0. The van der Waals surface area contributed by atoms with Crippen LogP contribution in [0.2, 0.25) is 0 Å². The minimum Gasteiger partial charge on any atom is -0.303 e. The topological polar surface area (TPSA) is 17.1 Å². The lowest BCUT2D eigenvalue weighted by atomic mass is 9.79. The van der Waals surface area contributed by atoms with Gasteiger partial charge in [-0.15, -0.1) is 6.58 Å². The van der Waals surface area contributed by atoms with Crippen molar-refractivity contribution in [1.29, 1.82) is 0 Å². The van der Waals surface area contributed by atoms with Crippen molar-refractivity contribution >= 4 is 6.29 Å². The summed E-state index contributed by atoms with van der Waals surface area (Å²) in [5.41, 5.74) is 0. The molecule has 0 spiro atoms. The first-order valence-corrected chi connectivity index (χ1v) is 5.44. The molecule has 0 aromatic rings. The molecule has 1 fully saturated rings. The van der Waals surface area contributed by atoms with Crippen LogP contribution in [0.25, 0.3) is 0 Å². The Bertz CT molecular complexity index is 157. The van der Waals surface area contributed by atoms with E-state index in [1.165, 1.54) is 38.4 Å². The smallest absolute Gasteiger partial charge is 0.123 e. The molecule has 0 aromatic carbocycles. The van der Waals surface area contributed by atoms with Crippen molar-refractivity contribution in [2.45, 2.75) is 44.9 Å². The van der Waals surface area contributed by atoms with Gasteiger partial charge < -0.3 is 4.79 Å². The first-order chi connectivity index (χ1) is 6.38. The van der Waals surface area contributed by atoms with Crippen molar-refractivity contribution < 1.29 is 4.79 Å². The molecule has 1 aliphatic rings. The standard InChI is InChI=1S/C12H20O/c1-2-3-7-12(10-13)11-8-5-4-6-9-11/h2,10-12H,1,3-9H2. The van der Waals surface area contributed by atoms with Gasteiger partial charge in [0.2, 0.25) is 0 Å². The van der Waals surface area contributed by atoms with Gasteiger partial charge in [-0.3, -0.25) is 0 Å². The van der Waals surface area contributed by atoms with Crippen molar-refractivity contribution in [3.8, 4) is 0 Å². The molecule has 1 nitrogen and oxygen atoms in total. The third-order valence-corrected chi connectivity index (χ3v) is 3.13. The highest BCUT2D eigenvalue weighted by Crippen LogP contribution is 2.31. The summed E-state index contributed by atoms with van der Waals surface area (Å²) in [7, 11) is 0. The second-order valence-corrected chi connectivity index (χ2v) is 4.06. The molecule has 1 unspecified atom stereocenters. The molecule has 0 heterocycles. The predicted molar refractivity (Wildman–Crippen MR) is 55.6 cm³/mol. The van der Waals surface area contributed by atoms with Gasteiger partial charge in [-0.25, -0.2) is 0 Å². The molecule has 74 valence electrons. The van der Waals surface area contributed by atoms with Crippen molar-refractivity contribution in [1.82, 2.24) is 0 Å². The Balaban J connectivity index is 2.34. The first kappa shape index (κ1) is 10.5. The Hall–Kier alpha value is -0.590. The minimum atomic E-state index is 0.304. The fraction of sp³-hybridized carbons (Fsp3) is 0.750. The van der Waals surface area contributed by atoms with Crippen molar-refractivity contribution in [3.63, 3.8) is 0 Å². The second-order valence-electron chi connectivity index (χ2n) is 4.06. The SMILES string of the molecule is C=CCCC(C=O)C1CCCCC1. The van der Waals surface area contributed by atoms with Gasteiger partial charge in [0.1, 0.15) is 6.29 Å². The van der Waals surface area contributed by atoms with Gasteiger partial charge in [0, 0.05) is 5.92 Å². The molecule has 1 rings (SSSR count). The molecule has 0 amide bonds. The maximum Gasteiger partial charge on any atom is 0.123 e. The van der Waals surface area contributed by atoms with Crippen LogP contribution in [0.15, 0.2) is 12.7 Å². The average Bonchev–Trinajstić information content (AvgIpc) is 2.21. The van der Waals surface area contributed by atoms with E-state index in [1.54, 1.807) is 0 Å². The Labute approximate surface area is 81.2 Å². The highest BCUT2D eigenvalue weighted by Gasteiger charge is 2.22. The Morgan fingerprint density at radius 1 is 1.31 bits per heavy atom. The number of rotatable bonds is 5. The number of allylic oxidation sites excluding steroid dienone is 1. The zero-order valence-corrected chi connectivity index (χ0v) is 8.37. The van der Waals surface area contributed by atoms with E-state index in [2.05, 4.69) is 6.58 Å². The van der Waals surface area contributed by atoms with E-state index in [4.69, 9.17) is 0 Å². The van der Waals surface area contributed by atoms with Crippen molar-refractivity contribution in [2.24, 2.45) is 11.8 Å². The quantitative estimate of drug-likeness (QED) is 0.468. The van der Waals surface area contributed by atoms with E-state index in [-0.39, 0.29) is 0 Å². The summed E-state index contributed by atoms with van der Waals surface area (Å²) in [5, 5.41) is 0. The normalized spacial score (nSPS) is 20.9. The van der Waals surface area contributed by atoms with Crippen molar-refractivity contribution in [2.75, 3.05) is 0 Å². The molecule has 0 radical (unpaired) electrons. The third kappa shape index (κ3) is 3.33. The van der Waals surface area contributed by atoms with Gasteiger partial charge in [-0.05, 0) is 31.6 Å². The van der Waals surface area contributed by atoms with Crippen LogP contribution in [0.1, 0.15) is 44.9 Å². The molecular weight excluding hydrogens is 160 g/mol. The third-order valence-electron chi connectivity index (χ3n) is 3.13. The zero-order valence-electron chi connectivity index (χ0n) is 8.37. The molecule has 0 aromatic heterocycles. The van der Waals surface area contributed by atoms with Crippen molar-refractivity contribution in [3.05, 3.63) is 12.7 Å². The highest BCUT2D eigenvalue weighted by molar-refractivity contribution is 5.54. The van der Waals surface area contributed by atoms with Gasteiger partial charge in [0.15, 0.2) is 0 Å². The van der Waals surface area contributed by atoms with E-state index in [0.29, 0.717) is 11.8 Å². The molecule has 13 heavy (non-hydrogen) atoms. The average molecular weight is 180 g/mol. The summed E-state index contributed by atoms with van der Waals surface area (Å²) in [5.74, 6) is 0.976. The predicted octanol–water partition coefficient (Wildman–Crippen LogP) is 3.35. The summed E-state index contributed by atoms with van der Waals surface area (Å²) in [4.78, 5) is 10.9. The Morgan fingerprint density at radius 2 is 2.00 bits per heavy atom. The number of hydrogen-bond acceptors (Lipinski definition) is 1. The number of carbonyl (C=O) groups excluding carboxylic acids is 1. The van der Waals surface area contributed by atoms with E-state index < -0.39 is 0 Å². The Morgan fingerprint density at radius 3 is 2.54 bits per heavy atom. The molecule has 0 bridgehead atoms. The molecule has 0 N–H and O–H groups in total. The minimum absolute atomic E-state index is 0.304. The van der Waals surface area contributed by atoms with Crippen LogP contribution in [0, 0.1) is 11.8 Å². The Kier molecular flexibility index (Phi) is 4.81. The molecule has 1 atom stereocenters. The largest absolute Gasteiger partial charge is 0.303 e. The van der Waals surface area contributed by atoms with Gasteiger partial charge >= 0.3 is 0 Å². The van der Waals surface area contributed by atoms with E-state index in [1.807, 2.05) is 6.08 Å². The van der Waals surface area contributed by atoms with E-state index in [0.717, 1.165) is 12.8 Å². The highest BCUT2D eigenvalue weighted by atomic mass is 16.1. The molecular formula is C12H20O. The van der Waals surface area contributed by atoms with Gasteiger partial charge in [0.05, 0.1) is 0 Å². The summed E-state index contributed by atoms with van der Waals surface area (Å²) in [6.45, 7) is 3.70. The molecule has 0 aliphatic heterocycles. The molecule has 1 heteroatoms. The lowest BCUT2D eigenvalue weighted by Crippen LogP contribution is -2.18. The van der Waals surface area contributed by atoms with Crippen LogP contribution in [0.3, 0.4) is 0 Å². The summed E-state index contributed by atoms with van der Waals surface area (Å²) in [6.07, 6.45) is 11.6.